The van der Waals surface area contributed by atoms with Gasteiger partial charge in [0.25, 0.3) is 0 Å². The maximum atomic E-state index is 3.38. The Hall–Kier alpha value is -1.08. The molecule has 1 fully saturated rings. The molecule has 1 nitrogen and oxygen atoms in total. The lowest BCUT2D eigenvalue weighted by Crippen LogP contribution is -2.57. The Balaban J connectivity index is 1.93. The zero-order valence-electron chi connectivity index (χ0n) is 7.75. The van der Waals surface area contributed by atoms with Crippen LogP contribution in [0.4, 0.5) is 0 Å². The summed E-state index contributed by atoms with van der Waals surface area (Å²) in [6, 6.07) is 9.53. The first kappa shape index (κ1) is 7.34. The molecular weight excluding hydrogens is 158 g/mol. The van der Waals surface area contributed by atoms with Crippen LogP contribution in [0.1, 0.15) is 11.1 Å². The number of benzene rings is 1. The first-order valence-electron chi connectivity index (χ1n) is 4.87. The van der Waals surface area contributed by atoms with Gasteiger partial charge in [-0.05, 0) is 18.1 Å². The molecule has 1 aliphatic carbocycles. The highest BCUT2D eigenvalue weighted by Gasteiger charge is 2.39. The van der Waals surface area contributed by atoms with Crippen molar-refractivity contribution in [2.45, 2.75) is 13.0 Å². The van der Waals surface area contributed by atoms with E-state index in [1.165, 1.54) is 17.7 Å². The standard InChI is InChI=1S/C12H13N/c1-8-2-4-9(5-3-8)10-6-12-11(10)7-13-12/h2-6,11-13H,7H2,1H3. The predicted molar refractivity (Wildman–Crippen MR) is 54.4 cm³/mol. The van der Waals surface area contributed by atoms with E-state index in [0.29, 0.717) is 6.04 Å². The molecule has 2 atom stereocenters. The Labute approximate surface area is 78.5 Å². The van der Waals surface area contributed by atoms with Gasteiger partial charge < -0.3 is 5.32 Å². The maximum Gasteiger partial charge on any atom is 0.0337 e. The number of hydrogen-bond acceptors (Lipinski definition) is 1. The highest BCUT2D eigenvalue weighted by molar-refractivity contribution is 5.76. The second-order valence-corrected chi connectivity index (χ2v) is 4.03. The molecule has 2 aliphatic rings. The summed E-state index contributed by atoms with van der Waals surface area (Å²) >= 11 is 0. The van der Waals surface area contributed by atoms with Gasteiger partial charge in [0.2, 0.25) is 0 Å². The zero-order chi connectivity index (χ0) is 8.84. The Bertz CT molecular complexity index is 361. The fourth-order valence-electron chi connectivity index (χ4n) is 2.11. The van der Waals surface area contributed by atoms with Gasteiger partial charge in [-0.2, -0.15) is 0 Å². The van der Waals surface area contributed by atoms with Gasteiger partial charge in [0.15, 0.2) is 0 Å². The fourth-order valence-corrected chi connectivity index (χ4v) is 2.11. The maximum absolute atomic E-state index is 3.38. The summed E-state index contributed by atoms with van der Waals surface area (Å²) in [5, 5.41) is 3.38. The third kappa shape index (κ3) is 0.971. The third-order valence-corrected chi connectivity index (χ3v) is 3.15. The highest BCUT2D eigenvalue weighted by Crippen LogP contribution is 2.40. The van der Waals surface area contributed by atoms with E-state index in [2.05, 4.69) is 42.6 Å². The molecule has 0 saturated carbocycles. The Morgan fingerprint density at radius 2 is 2.00 bits per heavy atom. The van der Waals surface area contributed by atoms with Crippen LogP contribution in [0.15, 0.2) is 30.3 Å². The summed E-state index contributed by atoms with van der Waals surface area (Å²) in [5.74, 6) is 0.808. The molecule has 13 heavy (non-hydrogen) atoms. The van der Waals surface area contributed by atoms with E-state index in [9.17, 15) is 0 Å². The van der Waals surface area contributed by atoms with Crippen molar-refractivity contribution in [3.63, 3.8) is 0 Å². The van der Waals surface area contributed by atoms with Crippen LogP contribution in [-0.4, -0.2) is 12.6 Å². The van der Waals surface area contributed by atoms with Crippen LogP contribution in [0, 0.1) is 12.8 Å². The quantitative estimate of drug-likeness (QED) is 0.681. The third-order valence-electron chi connectivity index (χ3n) is 3.15. The van der Waals surface area contributed by atoms with Crippen molar-refractivity contribution in [3.05, 3.63) is 41.5 Å². The number of rotatable bonds is 1. The van der Waals surface area contributed by atoms with Gasteiger partial charge in [0, 0.05) is 18.5 Å². The van der Waals surface area contributed by atoms with Gasteiger partial charge in [-0.25, -0.2) is 0 Å². The molecule has 0 amide bonds. The molecule has 0 bridgehead atoms. The van der Waals surface area contributed by atoms with E-state index in [-0.39, 0.29) is 0 Å². The first-order valence-corrected chi connectivity index (χ1v) is 4.87. The van der Waals surface area contributed by atoms with Gasteiger partial charge in [0.05, 0.1) is 0 Å². The smallest absolute Gasteiger partial charge is 0.0337 e. The van der Waals surface area contributed by atoms with E-state index >= 15 is 0 Å². The molecule has 0 radical (unpaired) electrons. The van der Waals surface area contributed by atoms with Crippen molar-refractivity contribution in [1.82, 2.24) is 5.32 Å². The van der Waals surface area contributed by atoms with E-state index in [0.717, 1.165) is 5.92 Å². The molecule has 1 heteroatoms. The lowest BCUT2D eigenvalue weighted by Gasteiger charge is -2.46. The molecule has 0 aromatic heterocycles. The molecule has 1 aromatic carbocycles. The van der Waals surface area contributed by atoms with Crippen molar-refractivity contribution < 1.29 is 0 Å². The average molecular weight is 171 g/mol. The van der Waals surface area contributed by atoms with Crippen molar-refractivity contribution in [3.8, 4) is 0 Å². The summed E-state index contributed by atoms with van der Waals surface area (Å²) in [4.78, 5) is 0. The monoisotopic (exact) mass is 171 g/mol. The molecule has 1 saturated heterocycles. The lowest BCUT2D eigenvalue weighted by molar-refractivity contribution is 0.318. The van der Waals surface area contributed by atoms with Crippen LogP contribution in [-0.2, 0) is 0 Å². The minimum atomic E-state index is 0.691. The SMILES string of the molecule is Cc1ccc(C2=CC3NCC23)cc1. The normalized spacial score (nSPS) is 29.8. The first-order chi connectivity index (χ1) is 6.34. The minimum absolute atomic E-state index is 0.691. The Kier molecular flexibility index (Phi) is 1.39. The average Bonchev–Trinajstić information content (AvgIpc) is 2.12. The minimum Gasteiger partial charge on any atom is -0.309 e. The van der Waals surface area contributed by atoms with Crippen molar-refractivity contribution >= 4 is 5.57 Å². The zero-order valence-corrected chi connectivity index (χ0v) is 7.75. The van der Waals surface area contributed by atoms with Crippen molar-refractivity contribution in [1.29, 1.82) is 0 Å². The molecular formula is C12H13N. The van der Waals surface area contributed by atoms with E-state index in [4.69, 9.17) is 0 Å². The molecule has 1 aliphatic heterocycles. The number of fused-ring (bicyclic) bond motifs is 1. The lowest BCUT2D eigenvalue weighted by atomic mass is 9.71. The van der Waals surface area contributed by atoms with Crippen LogP contribution < -0.4 is 5.32 Å². The molecule has 0 spiro atoms. The van der Waals surface area contributed by atoms with Crippen LogP contribution in [0.3, 0.4) is 0 Å². The van der Waals surface area contributed by atoms with Gasteiger partial charge in [-0.3, -0.25) is 0 Å². The topological polar surface area (TPSA) is 12.0 Å². The number of nitrogens with one attached hydrogen (secondary N) is 1. The van der Waals surface area contributed by atoms with Crippen LogP contribution in [0.5, 0.6) is 0 Å². The second-order valence-electron chi connectivity index (χ2n) is 4.03. The van der Waals surface area contributed by atoms with Gasteiger partial charge in [0.1, 0.15) is 0 Å². The largest absolute Gasteiger partial charge is 0.309 e. The van der Waals surface area contributed by atoms with Gasteiger partial charge in [-0.15, -0.1) is 0 Å². The van der Waals surface area contributed by atoms with E-state index < -0.39 is 0 Å². The number of aryl methyl sites for hydroxylation is 1. The van der Waals surface area contributed by atoms with E-state index in [1.807, 2.05) is 0 Å². The molecule has 1 N–H and O–H groups in total. The molecule has 3 rings (SSSR count). The molecule has 2 unspecified atom stereocenters. The van der Waals surface area contributed by atoms with Crippen molar-refractivity contribution in [2.75, 3.05) is 6.54 Å². The number of hydrogen-bond donors (Lipinski definition) is 1. The van der Waals surface area contributed by atoms with Crippen LogP contribution in [0.25, 0.3) is 5.57 Å². The van der Waals surface area contributed by atoms with E-state index in [1.54, 1.807) is 5.57 Å². The molecule has 1 heterocycles. The van der Waals surface area contributed by atoms with Crippen LogP contribution >= 0.6 is 0 Å². The predicted octanol–water partition coefficient (Wildman–Crippen LogP) is 1.98. The van der Waals surface area contributed by atoms with Crippen LogP contribution in [0.2, 0.25) is 0 Å². The Morgan fingerprint density at radius 1 is 1.23 bits per heavy atom. The second kappa shape index (κ2) is 2.46. The van der Waals surface area contributed by atoms with Gasteiger partial charge >= 0.3 is 0 Å². The van der Waals surface area contributed by atoms with Crippen molar-refractivity contribution in [2.24, 2.45) is 5.92 Å². The summed E-state index contributed by atoms with van der Waals surface area (Å²) in [6.45, 7) is 3.30. The highest BCUT2D eigenvalue weighted by atomic mass is 15.0. The van der Waals surface area contributed by atoms with Gasteiger partial charge in [-0.1, -0.05) is 35.9 Å². The summed E-state index contributed by atoms with van der Waals surface area (Å²) in [7, 11) is 0. The molecule has 66 valence electrons. The fraction of sp³-hybridized carbons (Fsp3) is 0.333. The summed E-state index contributed by atoms with van der Waals surface area (Å²) in [5.41, 5.74) is 4.30. The molecule has 1 aromatic rings. The Morgan fingerprint density at radius 3 is 2.46 bits per heavy atom. The summed E-state index contributed by atoms with van der Waals surface area (Å²) < 4.78 is 0. The summed E-state index contributed by atoms with van der Waals surface area (Å²) in [6.07, 6.45) is 2.35.